The number of allylic oxidation sites excluding steroid dienone is 3. The van der Waals surface area contributed by atoms with E-state index in [1.165, 1.54) is 4.90 Å². The number of para-hydroxylation sites is 1. The number of carbonyl (C=O) groups is 2. The molecule has 1 aromatic carbocycles. The summed E-state index contributed by atoms with van der Waals surface area (Å²) < 4.78 is 5.60. The predicted octanol–water partition coefficient (Wildman–Crippen LogP) is 7.59. The summed E-state index contributed by atoms with van der Waals surface area (Å²) in [5.41, 5.74) is 2.88. The summed E-state index contributed by atoms with van der Waals surface area (Å²) in [7, 11) is 0. The van der Waals surface area contributed by atoms with Crippen molar-refractivity contribution in [1.82, 2.24) is 14.8 Å². The summed E-state index contributed by atoms with van der Waals surface area (Å²) >= 11 is 0. The summed E-state index contributed by atoms with van der Waals surface area (Å²) in [6.45, 7) is 18.6. The van der Waals surface area contributed by atoms with Crippen molar-refractivity contribution >= 4 is 23.1 Å². The van der Waals surface area contributed by atoms with Crippen LogP contribution in [0.25, 0.3) is 10.9 Å². The zero-order chi connectivity index (χ0) is 28.0. The summed E-state index contributed by atoms with van der Waals surface area (Å²) in [5.74, 6) is -0.119. The van der Waals surface area contributed by atoms with E-state index in [2.05, 4.69) is 11.6 Å². The minimum atomic E-state index is -0.947. The Kier molecular flexibility index (Phi) is 13.9. The second-order valence-corrected chi connectivity index (χ2v) is 7.90. The fourth-order valence-electron chi connectivity index (χ4n) is 4.94. The largest absolute Gasteiger partial charge is 0.465 e. The standard InChI is InChI=1S/C24H27N3O4.3C2H6/c1-3-7-16(8-4-2)15-31-24(30)27-14-19(22-21(27)11-12-26(22)23(28)29)18-13-25-20-10-6-5-9-17(18)20;3*1-2/h3-10,13,19,21-22,25H,1,11-12,14-15H2,2H3,(H,28,29);3*1-2H3/b8-4-,16-7+;;;. The van der Waals surface area contributed by atoms with Crippen molar-refractivity contribution in [2.75, 3.05) is 19.7 Å². The van der Waals surface area contributed by atoms with Crippen LogP contribution in [0.15, 0.2) is 66.9 Å². The molecule has 2 N–H and O–H groups in total. The molecule has 2 fully saturated rings. The van der Waals surface area contributed by atoms with Crippen LogP contribution in [0.2, 0.25) is 0 Å². The highest BCUT2D eigenvalue weighted by molar-refractivity contribution is 5.84. The number of aromatic amines is 1. The molecule has 7 nitrogen and oxygen atoms in total. The van der Waals surface area contributed by atoms with Crippen molar-refractivity contribution in [2.45, 2.75) is 72.9 Å². The lowest BCUT2D eigenvalue weighted by Crippen LogP contribution is -2.42. The second-order valence-electron chi connectivity index (χ2n) is 7.90. The third-order valence-corrected chi connectivity index (χ3v) is 6.20. The van der Waals surface area contributed by atoms with Crippen LogP contribution in [0.4, 0.5) is 9.59 Å². The molecule has 4 rings (SSSR count). The molecule has 204 valence electrons. The number of H-pyrrole nitrogens is 1. The Hall–Kier alpha value is -3.48. The Balaban J connectivity index is 0.00000106. The average Bonchev–Trinajstić information content (AvgIpc) is 3.65. The van der Waals surface area contributed by atoms with Crippen molar-refractivity contribution in [3.8, 4) is 0 Å². The number of hydrogen-bond acceptors (Lipinski definition) is 3. The molecule has 0 spiro atoms. The molecule has 0 aliphatic carbocycles. The van der Waals surface area contributed by atoms with E-state index in [4.69, 9.17) is 4.74 Å². The lowest BCUT2D eigenvalue weighted by molar-refractivity contribution is 0.104. The molecule has 0 saturated carbocycles. The highest BCUT2D eigenvalue weighted by Gasteiger charge is 2.53. The van der Waals surface area contributed by atoms with Gasteiger partial charge in [-0.2, -0.15) is 0 Å². The van der Waals surface area contributed by atoms with Gasteiger partial charge in [-0.25, -0.2) is 9.59 Å². The van der Waals surface area contributed by atoms with E-state index in [9.17, 15) is 14.7 Å². The van der Waals surface area contributed by atoms with E-state index in [0.29, 0.717) is 19.5 Å². The first-order valence-electron chi connectivity index (χ1n) is 13.5. The maximum Gasteiger partial charge on any atom is 0.410 e. The topological polar surface area (TPSA) is 85.9 Å². The highest BCUT2D eigenvalue weighted by Crippen LogP contribution is 2.43. The number of amides is 2. The molecule has 2 aliphatic heterocycles. The molecule has 2 amide bonds. The minimum Gasteiger partial charge on any atom is -0.465 e. The first-order chi connectivity index (χ1) is 18.0. The number of carboxylic acid groups (broad SMARTS) is 1. The molecule has 2 aliphatic rings. The van der Waals surface area contributed by atoms with Crippen LogP contribution < -0.4 is 0 Å². The molecular formula is C30H45N3O4. The number of ether oxygens (including phenoxy) is 1. The lowest BCUT2D eigenvalue weighted by atomic mass is 9.91. The molecule has 3 atom stereocenters. The Morgan fingerprint density at radius 3 is 2.43 bits per heavy atom. The van der Waals surface area contributed by atoms with Gasteiger partial charge in [0.25, 0.3) is 0 Å². The Bertz CT molecular complexity index is 1060. The van der Waals surface area contributed by atoms with Crippen molar-refractivity contribution in [2.24, 2.45) is 0 Å². The third kappa shape index (κ3) is 7.28. The molecule has 37 heavy (non-hydrogen) atoms. The molecule has 0 radical (unpaired) electrons. The van der Waals surface area contributed by atoms with E-state index in [1.807, 2.05) is 91.1 Å². The van der Waals surface area contributed by atoms with E-state index in [1.54, 1.807) is 17.1 Å². The first-order valence-corrected chi connectivity index (χ1v) is 13.5. The van der Waals surface area contributed by atoms with Gasteiger partial charge in [0.05, 0.1) is 12.1 Å². The first kappa shape index (κ1) is 31.5. The molecule has 7 heteroatoms. The van der Waals surface area contributed by atoms with Gasteiger partial charge >= 0.3 is 12.2 Å². The number of nitrogens with zero attached hydrogens (tertiary/aromatic N) is 2. The SMILES string of the molecule is C=C/C=C(\C=C/C)COC(=O)N1CC(c2c[nH]c3ccccc23)C2C1CCN2C(=O)O.CC.CC.CC. The van der Waals surface area contributed by atoms with Crippen molar-refractivity contribution in [1.29, 1.82) is 0 Å². The Morgan fingerprint density at radius 1 is 1.14 bits per heavy atom. The molecule has 3 heterocycles. The van der Waals surface area contributed by atoms with Crippen LogP contribution in [0, 0.1) is 0 Å². The van der Waals surface area contributed by atoms with E-state index in [0.717, 1.165) is 22.0 Å². The monoisotopic (exact) mass is 511 g/mol. The maximum atomic E-state index is 13.0. The zero-order valence-corrected chi connectivity index (χ0v) is 23.5. The highest BCUT2D eigenvalue weighted by atomic mass is 16.6. The van der Waals surface area contributed by atoms with Gasteiger partial charge in [0.1, 0.15) is 6.61 Å². The molecule has 1 aromatic heterocycles. The summed E-state index contributed by atoms with van der Waals surface area (Å²) in [6, 6.07) is 7.47. The number of benzene rings is 1. The molecule has 0 bridgehead atoms. The van der Waals surface area contributed by atoms with Gasteiger partial charge in [-0.15, -0.1) is 0 Å². The third-order valence-electron chi connectivity index (χ3n) is 6.20. The van der Waals surface area contributed by atoms with Crippen molar-refractivity contribution in [3.05, 3.63) is 72.5 Å². The summed E-state index contributed by atoms with van der Waals surface area (Å²) in [6.07, 6.45) is 8.40. The predicted molar refractivity (Wildman–Crippen MR) is 153 cm³/mol. The van der Waals surface area contributed by atoms with Gasteiger partial charge in [0.2, 0.25) is 0 Å². The summed E-state index contributed by atoms with van der Waals surface area (Å²) in [4.78, 5) is 31.4. The Morgan fingerprint density at radius 2 is 1.81 bits per heavy atom. The molecule has 2 aromatic rings. The van der Waals surface area contributed by atoms with Gasteiger partial charge in [0, 0.05) is 36.1 Å². The van der Waals surface area contributed by atoms with E-state index >= 15 is 0 Å². The van der Waals surface area contributed by atoms with Crippen molar-refractivity contribution in [3.63, 3.8) is 0 Å². The second kappa shape index (κ2) is 16.3. The van der Waals surface area contributed by atoms with Gasteiger partial charge in [-0.1, -0.05) is 90.6 Å². The number of hydrogen-bond donors (Lipinski definition) is 2. The quantitative estimate of drug-likeness (QED) is 0.405. The van der Waals surface area contributed by atoms with Gasteiger partial charge in [0.15, 0.2) is 0 Å². The van der Waals surface area contributed by atoms with E-state index < -0.39 is 12.2 Å². The van der Waals surface area contributed by atoms with Gasteiger partial charge in [-0.05, 0) is 30.5 Å². The van der Waals surface area contributed by atoms with Crippen LogP contribution in [-0.2, 0) is 4.74 Å². The number of fused-ring (bicyclic) bond motifs is 2. The number of carbonyl (C=O) groups excluding carboxylic acids is 1. The number of aromatic nitrogens is 1. The van der Waals surface area contributed by atoms with Gasteiger partial charge in [-0.3, -0.25) is 0 Å². The van der Waals surface area contributed by atoms with Crippen LogP contribution in [0.3, 0.4) is 0 Å². The fourth-order valence-corrected chi connectivity index (χ4v) is 4.94. The normalized spacial score (nSPS) is 20.2. The summed E-state index contributed by atoms with van der Waals surface area (Å²) in [5, 5.41) is 10.8. The minimum absolute atomic E-state index is 0.119. The fraction of sp³-hybridized carbons (Fsp3) is 0.467. The van der Waals surface area contributed by atoms with Crippen LogP contribution >= 0.6 is 0 Å². The molecule has 3 unspecified atom stereocenters. The van der Waals surface area contributed by atoms with E-state index in [-0.39, 0.29) is 24.6 Å². The van der Waals surface area contributed by atoms with Gasteiger partial charge < -0.3 is 24.6 Å². The number of nitrogens with one attached hydrogen (secondary N) is 1. The molecule has 2 saturated heterocycles. The number of rotatable bonds is 5. The molecular weight excluding hydrogens is 466 g/mol. The van der Waals surface area contributed by atoms with Crippen LogP contribution in [0.5, 0.6) is 0 Å². The maximum absolute atomic E-state index is 13.0. The zero-order valence-electron chi connectivity index (χ0n) is 23.5. The van der Waals surface area contributed by atoms with Crippen molar-refractivity contribution < 1.29 is 19.4 Å². The van der Waals surface area contributed by atoms with Crippen LogP contribution in [-0.4, -0.2) is 63.9 Å². The average molecular weight is 512 g/mol. The number of likely N-dealkylation sites (tertiary alicyclic amines) is 2. The Labute approximate surface area is 222 Å². The van der Waals surface area contributed by atoms with Crippen LogP contribution in [0.1, 0.15) is 66.4 Å². The smallest absolute Gasteiger partial charge is 0.410 e. The lowest BCUT2D eigenvalue weighted by Gasteiger charge is -2.26.